The second kappa shape index (κ2) is 9.36. The largest absolute Gasteiger partial charge is 0.494 e. The quantitative estimate of drug-likeness (QED) is 0.785. The second-order valence-electron chi connectivity index (χ2n) is 6.44. The summed E-state index contributed by atoms with van der Waals surface area (Å²) < 4.78 is 11.0. The normalized spacial score (nSPS) is 14.7. The Kier molecular flexibility index (Phi) is 6.64. The number of likely N-dealkylation sites (tertiary alicyclic amines) is 1. The molecule has 0 aliphatic carbocycles. The number of thiazole rings is 1. The predicted molar refractivity (Wildman–Crippen MR) is 102 cm³/mol. The Morgan fingerprint density at radius 2 is 1.96 bits per heavy atom. The summed E-state index contributed by atoms with van der Waals surface area (Å²) in [4.78, 5) is 29.0. The van der Waals surface area contributed by atoms with Gasteiger partial charge in [0, 0.05) is 30.2 Å². The molecule has 0 atom stereocenters. The fourth-order valence-corrected chi connectivity index (χ4v) is 3.53. The molecule has 2 N–H and O–H groups in total. The smallest absolute Gasteiger partial charge is 0.410 e. The highest BCUT2D eigenvalue weighted by Gasteiger charge is 2.23. The highest BCUT2D eigenvalue weighted by molar-refractivity contribution is 7.09. The molecular formula is C19H23N3O4S. The molecule has 1 aliphatic heterocycles. The second-order valence-corrected chi connectivity index (χ2v) is 7.42. The van der Waals surface area contributed by atoms with Crippen LogP contribution in [0.4, 0.5) is 4.79 Å². The molecule has 0 saturated carbocycles. The lowest BCUT2D eigenvalue weighted by atomic mass is 9.94. The SMILES string of the molecule is NC(=O)c1ccc(OCCC2CCN(C(=O)OCc3nccs3)CC2)cc1. The number of hydrogen-bond donors (Lipinski definition) is 1. The highest BCUT2D eigenvalue weighted by Crippen LogP contribution is 2.22. The van der Waals surface area contributed by atoms with Gasteiger partial charge in [0.15, 0.2) is 0 Å². The van der Waals surface area contributed by atoms with Gasteiger partial charge in [0.05, 0.1) is 6.61 Å². The number of benzene rings is 1. The Hall–Kier alpha value is -2.61. The van der Waals surface area contributed by atoms with Crippen molar-refractivity contribution in [1.29, 1.82) is 0 Å². The molecule has 3 rings (SSSR count). The zero-order valence-corrected chi connectivity index (χ0v) is 15.8. The van der Waals surface area contributed by atoms with Crippen molar-refractivity contribution in [2.45, 2.75) is 25.9 Å². The van der Waals surface area contributed by atoms with Gasteiger partial charge in [0.1, 0.15) is 17.4 Å². The molecule has 1 aromatic carbocycles. The number of hydrogen-bond acceptors (Lipinski definition) is 6. The van der Waals surface area contributed by atoms with Crippen LogP contribution in [0.15, 0.2) is 35.8 Å². The Labute approximate surface area is 162 Å². The zero-order chi connectivity index (χ0) is 19.1. The van der Waals surface area contributed by atoms with Gasteiger partial charge in [-0.2, -0.15) is 0 Å². The topological polar surface area (TPSA) is 94.8 Å². The van der Waals surface area contributed by atoms with Gasteiger partial charge in [-0.25, -0.2) is 9.78 Å². The average Bonchev–Trinajstić information content (AvgIpc) is 3.21. The van der Waals surface area contributed by atoms with Crippen LogP contribution in [0.1, 0.15) is 34.6 Å². The van der Waals surface area contributed by atoms with E-state index in [1.807, 2.05) is 5.38 Å². The molecule has 8 heteroatoms. The van der Waals surface area contributed by atoms with Crippen LogP contribution in [0.5, 0.6) is 5.75 Å². The number of aromatic nitrogens is 1. The maximum atomic E-state index is 12.1. The summed E-state index contributed by atoms with van der Waals surface area (Å²) in [7, 11) is 0. The van der Waals surface area contributed by atoms with E-state index in [2.05, 4.69) is 4.98 Å². The summed E-state index contributed by atoms with van der Waals surface area (Å²) >= 11 is 1.48. The van der Waals surface area contributed by atoms with Gasteiger partial charge in [-0.15, -0.1) is 11.3 Å². The van der Waals surface area contributed by atoms with E-state index in [1.165, 1.54) is 11.3 Å². The zero-order valence-electron chi connectivity index (χ0n) is 15.0. The molecule has 2 heterocycles. The van der Waals surface area contributed by atoms with E-state index in [4.69, 9.17) is 15.2 Å². The third-order valence-corrected chi connectivity index (χ3v) is 5.36. The fourth-order valence-electron chi connectivity index (χ4n) is 3.00. The first kappa shape index (κ1) is 19.2. The Morgan fingerprint density at radius 1 is 1.22 bits per heavy atom. The van der Waals surface area contributed by atoms with Gasteiger partial charge >= 0.3 is 6.09 Å². The summed E-state index contributed by atoms with van der Waals surface area (Å²) in [6, 6.07) is 6.82. The predicted octanol–water partition coefficient (Wildman–Crippen LogP) is 3.06. The number of nitrogens with two attached hydrogens (primary N) is 1. The van der Waals surface area contributed by atoms with Crippen LogP contribution >= 0.6 is 11.3 Å². The maximum Gasteiger partial charge on any atom is 0.410 e. The minimum absolute atomic E-state index is 0.235. The van der Waals surface area contributed by atoms with Crippen molar-refractivity contribution in [3.05, 3.63) is 46.4 Å². The monoisotopic (exact) mass is 389 g/mol. The van der Waals surface area contributed by atoms with Gasteiger partial charge in [0.2, 0.25) is 5.91 Å². The van der Waals surface area contributed by atoms with E-state index in [-0.39, 0.29) is 12.7 Å². The summed E-state index contributed by atoms with van der Waals surface area (Å²) in [6.45, 7) is 2.25. The number of carbonyl (C=O) groups is 2. The summed E-state index contributed by atoms with van der Waals surface area (Å²) in [5.74, 6) is 0.805. The van der Waals surface area contributed by atoms with E-state index in [0.717, 1.165) is 30.0 Å². The molecule has 7 nitrogen and oxygen atoms in total. The number of amides is 2. The van der Waals surface area contributed by atoms with Gasteiger partial charge in [-0.05, 0) is 49.4 Å². The van der Waals surface area contributed by atoms with Crippen LogP contribution < -0.4 is 10.5 Å². The molecule has 2 aromatic rings. The van der Waals surface area contributed by atoms with Crippen LogP contribution in [0.3, 0.4) is 0 Å². The molecule has 0 radical (unpaired) electrons. The van der Waals surface area contributed by atoms with E-state index in [1.54, 1.807) is 35.4 Å². The molecule has 1 fully saturated rings. The number of carbonyl (C=O) groups excluding carboxylic acids is 2. The lowest BCUT2D eigenvalue weighted by Gasteiger charge is -2.31. The Bertz CT molecular complexity index is 741. The number of primary amides is 1. The molecular weight excluding hydrogens is 366 g/mol. The van der Waals surface area contributed by atoms with Gasteiger partial charge in [-0.1, -0.05) is 0 Å². The molecule has 0 spiro atoms. The summed E-state index contributed by atoms with van der Waals surface area (Å²) in [6.07, 6.45) is 4.24. The summed E-state index contributed by atoms with van der Waals surface area (Å²) in [5.41, 5.74) is 5.69. The molecule has 27 heavy (non-hydrogen) atoms. The minimum Gasteiger partial charge on any atom is -0.494 e. The Balaban J connectivity index is 1.33. The molecule has 0 unspecified atom stereocenters. The van der Waals surface area contributed by atoms with Crippen LogP contribution in [-0.2, 0) is 11.3 Å². The fraction of sp³-hybridized carbons (Fsp3) is 0.421. The minimum atomic E-state index is -0.446. The first-order chi connectivity index (χ1) is 13.1. The Morgan fingerprint density at radius 3 is 2.59 bits per heavy atom. The van der Waals surface area contributed by atoms with Gasteiger partial charge < -0.3 is 20.1 Å². The van der Waals surface area contributed by atoms with E-state index < -0.39 is 5.91 Å². The number of ether oxygens (including phenoxy) is 2. The molecule has 144 valence electrons. The maximum absolute atomic E-state index is 12.1. The molecule has 1 saturated heterocycles. The van der Waals surface area contributed by atoms with E-state index in [0.29, 0.717) is 31.2 Å². The first-order valence-corrected chi connectivity index (χ1v) is 9.82. The molecule has 0 bridgehead atoms. The lowest BCUT2D eigenvalue weighted by Crippen LogP contribution is -2.39. The highest BCUT2D eigenvalue weighted by atomic mass is 32.1. The number of piperidine rings is 1. The molecule has 1 aromatic heterocycles. The van der Waals surface area contributed by atoms with Crippen LogP contribution in [0.2, 0.25) is 0 Å². The standard InChI is InChI=1S/C19H23N3O4S/c20-18(23)15-1-3-16(4-2-15)25-11-7-14-5-9-22(10-6-14)19(24)26-13-17-21-8-12-27-17/h1-4,8,12,14H,5-7,9-11,13H2,(H2,20,23). The van der Waals surface area contributed by atoms with Crippen molar-refractivity contribution in [3.8, 4) is 5.75 Å². The van der Waals surface area contributed by atoms with E-state index >= 15 is 0 Å². The van der Waals surface area contributed by atoms with E-state index in [9.17, 15) is 9.59 Å². The first-order valence-electron chi connectivity index (χ1n) is 8.94. The van der Waals surface area contributed by atoms with Crippen LogP contribution in [-0.4, -0.2) is 41.6 Å². The van der Waals surface area contributed by atoms with Crippen LogP contribution in [0.25, 0.3) is 0 Å². The van der Waals surface area contributed by atoms with Crippen molar-refractivity contribution >= 4 is 23.3 Å². The van der Waals surface area contributed by atoms with Crippen molar-refractivity contribution in [1.82, 2.24) is 9.88 Å². The third-order valence-electron chi connectivity index (χ3n) is 4.61. The van der Waals surface area contributed by atoms with Crippen LogP contribution in [0, 0.1) is 5.92 Å². The molecule has 1 aliphatic rings. The van der Waals surface area contributed by atoms with Crippen molar-refractivity contribution in [2.24, 2.45) is 11.7 Å². The lowest BCUT2D eigenvalue weighted by molar-refractivity contribution is 0.0799. The van der Waals surface area contributed by atoms with Crippen molar-refractivity contribution < 1.29 is 19.1 Å². The van der Waals surface area contributed by atoms with Gasteiger partial charge in [0.25, 0.3) is 0 Å². The molecule has 2 amide bonds. The number of rotatable bonds is 7. The van der Waals surface area contributed by atoms with Crippen molar-refractivity contribution in [2.75, 3.05) is 19.7 Å². The number of nitrogens with zero attached hydrogens (tertiary/aromatic N) is 2. The van der Waals surface area contributed by atoms with Gasteiger partial charge in [-0.3, -0.25) is 4.79 Å². The average molecular weight is 389 g/mol. The van der Waals surface area contributed by atoms with Crippen molar-refractivity contribution in [3.63, 3.8) is 0 Å². The third kappa shape index (κ3) is 5.68. The summed E-state index contributed by atoms with van der Waals surface area (Å²) in [5, 5.41) is 2.67.